The van der Waals surface area contributed by atoms with Crippen molar-refractivity contribution in [1.82, 2.24) is 9.88 Å². The summed E-state index contributed by atoms with van der Waals surface area (Å²) in [6.45, 7) is 0.576. The Kier molecular flexibility index (Phi) is 3.74. The van der Waals surface area contributed by atoms with E-state index in [0.29, 0.717) is 18.7 Å². The van der Waals surface area contributed by atoms with Crippen LogP contribution in [0.2, 0.25) is 0 Å². The zero-order valence-corrected chi connectivity index (χ0v) is 10.1. The first-order chi connectivity index (χ1) is 9.06. The average Bonchev–Trinajstić information content (AvgIpc) is 2.75. The normalized spacial score (nSPS) is 14.5. The SMILES string of the molecule is O=C(CN1CCCC1=O)Nc1ccnc(C(=O)O)c1. The quantitative estimate of drug-likeness (QED) is 0.816. The van der Waals surface area contributed by atoms with Gasteiger partial charge in [0.25, 0.3) is 0 Å². The standard InChI is InChI=1S/C12H13N3O4/c16-10(7-15-5-1-2-11(15)17)14-8-3-4-13-9(6-8)12(18)19/h3-4,6H,1-2,5,7H2,(H,18,19)(H,13,14,16). The second-order valence-electron chi connectivity index (χ2n) is 4.20. The molecule has 1 saturated heterocycles. The van der Waals surface area contributed by atoms with E-state index in [1.54, 1.807) is 0 Å². The predicted octanol–water partition coefficient (Wildman–Crippen LogP) is 0.341. The van der Waals surface area contributed by atoms with E-state index in [4.69, 9.17) is 5.11 Å². The van der Waals surface area contributed by atoms with Crippen LogP contribution in [0.5, 0.6) is 0 Å². The number of aromatic carboxylic acids is 1. The van der Waals surface area contributed by atoms with Gasteiger partial charge < -0.3 is 15.3 Å². The van der Waals surface area contributed by atoms with E-state index < -0.39 is 5.97 Å². The summed E-state index contributed by atoms with van der Waals surface area (Å²) in [7, 11) is 0. The van der Waals surface area contributed by atoms with Gasteiger partial charge in [-0.15, -0.1) is 0 Å². The number of likely N-dealkylation sites (tertiary alicyclic amines) is 1. The second-order valence-corrected chi connectivity index (χ2v) is 4.20. The summed E-state index contributed by atoms with van der Waals surface area (Å²) in [6.07, 6.45) is 2.55. The Morgan fingerprint density at radius 1 is 1.47 bits per heavy atom. The zero-order chi connectivity index (χ0) is 13.8. The Balaban J connectivity index is 1.97. The van der Waals surface area contributed by atoms with E-state index >= 15 is 0 Å². The van der Waals surface area contributed by atoms with Crippen LogP contribution in [0.25, 0.3) is 0 Å². The first kappa shape index (κ1) is 13.0. The van der Waals surface area contributed by atoms with Crippen LogP contribution in [0.4, 0.5) is 5.69 Å². The number of amides is 2. The minimum absolute atomic E-state index is 0.0104. The van der Waals surface area contributed by atoms with Gasteiger partial charge in [0, 0.05) is 24.8 Å². The number of anilines is 1. The van der Waals surface area contributed by atoms with E-state index in [1.165, 1.54) is 23.2 Å². The summed E-state index contributed by atoms with van der Waals surface area (Å²) >= 11 is 0. The number of hydrogen-bond donors (Lipinski definition) is 2. The molecule has 0 atom stereocenters. The Labute approximate surface area is 109 Å². The summed E-state index contributed by atoms with van der Waals surface area (Å²) in [5, 5.41) is 11.3. The molecule has 19 heavy (non-hydrogen) atoms. The number of carbonyl (C=O) groups excluding carboxylic acids is 2. The van der Waals surface area contributed by atoms with Gasteiger partial charge in [-0.25, -0.2) is 9.78 Å². The van der Waals surface area contributed by atoms with Gasteiger partial charge in [-0.05, 0) is 18.6 Å². The van der Waals surface area contributed by atoms with Crippen LogP contribution < -0.4 is 5.32 Å². The number of carboxylic acids is 1. The molecule has 0 radical (unpaired) electrons. The minimum Gasteiger partial charge on any atom is -0.477 e. The lowest BCUT2D eigenvalue weighted by Crippen LogP contribution is -2.34. The van der Waals surface area contributed by atoms with Crippen molar-refractivity contribution in [3.05, 3.63) is 24.0 Å². The molecule has 2 amide bonds. The van der Waals surface area contributed by atoms with E-state index in [1.807, 2.05) is 0 Å². The first-order valence-corrected chi connectivity index (χ1v) is 5.83. The van der Waals surface area contributed by atoms with Crippen molar-refractivity contribution in [1.29, 1.82) is 0 Å². The molecule has 2 rings (SSSR count). The maximum Gasteiger partial charge on any atom is 0.354 e. The van der Waals surface area contributed by atoms with Gasteiger partial charge in [0.2, 0.25) is 11.8 Å². The maximum absolute atomic E-state index is 11.7. The molecule has 0 aromatic carbocycles. The monoisotopic (exact) mass is 263 g/mol. The summed E-state index contributed by atoms with van der Waals surface area (Å²) in [5.41, 5.74) is 0.207. The fraction of sp³-hybridized carbons (Fsp3) is 0.333. The van der Waals surface area contributed by atoms with Crippen LogP contribution in [0, 0.1) is 0 Å². The van der Waals surface area contributed by atoms with Crippen LogP contribution in [0.1, 0.15) is 23.3 Å². The molecule has 0 unspecified atom stereocenters. The van der Waals surface area contributed by atoms with Gasteiger partial charge in [-0.1, -0.05) is 0 Å². The third kappa shape index (κ3) is 3.27. The third-order valence-corrected chi connectivity index (χ3v) is 2.77. The van der Waals surface area contributed by atoms with Gasteiger partial charge in [-0.2, -0.15) is 0 Å². The summed E-state index contributed by atoms with van der Waals surface area (Å²) in [6, 6.07) is 2.77. The molecule has 2 N–H and O–H groups in total. The molecule has 2 heterocycles. The van der Waals surface area contributed by atoms with E-state index in [-0.39, 0.29) is 24.1 Å². The molecule has 0 spiro atoms. The van der Waals surface area contributed by atoms with Crippen LogP contribution in [0.15, 0.2) is 18.3 Å². The lowest BCUT2D eigenvalue weighted by Gasteiger charge is -2.14. The lowest BCUT2D eigenvalue weighted by atomic mass is 10.3. The van der Waals surface area contributed by atoms with E-state index in [2.05, 4.69) is 10.3 Å². The highest BCUT2D eigenvalue weighted by Gasteiger charge is 2.22. The van der Waals surface area contributed by atoms with Crippen molar-refractivity contribution in [3.63, 3.8) is 0 Å². The van der Waals surface area contributed by atoms with Crippen molar-refractivity contribution >= 4 is 23.5 Å². The van der Waals surface area contributed by atoms with Crippen molar-refractivity contribution in [2.45, 2.75) is 12.8 Å². The number of rotatable bonds is 4. The molecular weight excluding hydrogens is 250 g/mol. The fourth-order valence-electron chi connectivity index (χ4n) is 1.87. The minimum atomic E-state index is -1.16. The number of pyridine rings is 1. The number of aromatic nitrogens is 1. The van der Waals surface area contributed by atoms with E-state index in [0.717, 1.165) is 6.42 Å². The Hall–Kier alpha value is -2.44. The number of hydrogen-bond acceptors (Lipinski definition) is 4. The number of carboxylic acid groups (broad SMARTS) is 1. The number of nitrogens with one attached hydrogen (secondary N) is 1. The first-order valence-electron chi connectivity index (χ1n) is 5.83. The number of carbonyl (C=O) groups is 3. The van der Waals surface area contributed by atoms with Crippen LogP contribution in [-0.4, -0.2) is 45.9 Å². The van der Waals surface area contributed by atoms with Crippen molar-refractivity contribution < 1.29 is 19.5 Å². The van der Waals surface area contributed by atoms with Gasteiger partial charge in [0.05, 0.1) is 6.54 Å². The Morgan fingerprint density at radius 3 is 2.89 bits per heavy atom. The largest absolute Gasteiger partial charge is 0.477 e. The topological polar surface area (TPSA) is 99.6 Å². The molecule has 7 nitrogen and oxygen atoms in total. The summed E-state index contributed by atoms with van der Waals surface area (Å²) in [4.78, 5) is 38.9. The molecule has 1 fully saturated rings. The van der Waals surface area contributed by atoms with Crippen LogP contribution in [0.3, 0.4) is 0 Å². The molecule has 0 aliphatic carbocycles. The average molecular weight is 263 g/mol. The van der Waals surface area contributed by atoms with Gasteiger partial charge in [0.1, 0.15) is 5.69 Å². The molecular formula is C12H13N3O4. The molecule has 0 saturated carbocycles. The summed E-state index contributed by atoms with van der Waals surface area (Å²) < 4.78 is 0. The smallest absolute Gasteiger partial charge is 0.354 e. The molecule has 1 aliphatic heterocycles. The summed E-state index contributed by atoms with van der Waals surface area (Å²) in [5.74, 6) is -1.54. The van der Waals surface area contributed by atoms with Crippen molar-refractivity contribution in [2.75, 3.05) is 18.4 Å². The fourth-order valence-corrected chi connectivity index (χ4v) is 1.87. The second kappa shape index (κ2) is 5.47. The van der Waals surface area contributed by atoms with Crippen LogP contribution >= 0.6 is 0 Å². The zero-order valence-electron chi connectivity index (χ0n) is 10.1. The predicted molar refractivity (Wildman–Crippen MR) is 65.6 cm³/mol. The number of nitrogens with zero attached hydrogens (tertiary/aromatic N) is 2. The van der Waals surface area contributed by atoms with Crippen molar-refractivity contribution in [2.24, 2.45) is 0 Å². The molecule has 1 aliphatic rings. The highest BCUT2D eigenvalue weighted by Crippen LogP contribution is 2.11. The Morgan fingerprint density at radius 2 is 2.26 bits per heavy atom. The third-order valence-electron chi connectivity index (χ3n) is 2.77. The Bertz CT molecular complexity index is 529. The molecule has 7 heteroatoms. The highest BCUT2D eigenvalue weighted by molar-refractivity contribution is 5.96. The van der Waals surface area contributed by atoms with E-state index in [9.17, 15) is 14.4 Å². The molecule has 100 valence electrons. The molecule has 1 aromatic heterocycles. The lowest BCUT2D eigenvalue weighted by molar-refractivity contribution is -0.131. The highest BCUT2D eigenvalue weighted by atomic mass is 16.4. The molecule has 1 aromatic rings. The van der Waals surface area contributed by atoms with Gasteiger partial charge in [0.15, 0.2) is 0 Å². The van der Waals surface area contributed by atoms with Gasteiger partial charge >= 0.3 is 5.97 Å². The maximum atomic E-state index is 11.7. The van der Waals surface area contributed by atoms with Crippen molar-refractivity contribution in [3.8, 4) is 0 Å². The van der Waals surface area contributed by atoms with Gasteiger partial charge in [-0.3, -0.25) is 9.59 Å². The van der Waals surface area contributed by atoms with Crippen LogP contribution in [-0.2, 0) is 9.59 Å². The molecule has 0 bridgehead atoms.